The van der Waals surface area contributed by atoms with Gasteiger partial charge in [-0.2, -0.15) is 0 Å². The van der Waals surface area contributed by atoms with Crippen molar-refractivity contribution in [2.45, 2.75) is 19.0 Å². The third kappa shape index (κ3) is 5.20. The Bertz CT molecular complexity index is 389. The molecule has 0 saturated carbocycles. The van der Waals surface area contributed by atoms with Gasteiger partial charge in [-0.3, -0.25) is 4.79 Å². The minimum absolute atomic E-state index is 0.0584. The average Bonchev–Trinajstić information content (AvgIpc) is 2.47. The fraction of sp³-hybridized carbons (Fsp3) is 0.750. The number of methoxy groups -OCH3 is 1. The van der Waals surface area contributed by atoms with Gasteiger partial charge in [-0.1, -0.05) is 0 Å². The maximum absolute atomic E-state index is 12.0. The van der Waals surface area contributed by atoms with E-state index >= 15 is 0 Å². The summed E-state index contributed by atoms with van der Waals surface area (Å²) in [5, 5.41) is 14.1. The van der Waals surface area contributed by atoms with E-state index in [-0.39, 0.29) is 25.7 Å². The highest BCUT2D eigenvalue weighted by Crippen LogP contribution is 2.07. The third-order valence-electron chi connectivity index (χ3n) is 3.01. The van der Waals surface area contributed by atoms with Crippen molar-refractivity contribution in [1.82, 2.24) is 15.5 Å². The number of nitrogens with zero attached hydrogens (tertiary/aromatic N) is 1. The summed E-state index contributed by atoms with van der Waals surface area (Å²) >= 11 is 0. The molecule has 1 saturated heterocycles. The second-order valence-corrected chi connectivity index (χ2v) is 4.58. The first kappa shape index (κ1) is 17.2. The predicted octanol–water partition coefficient (Wildman–Crippen LogP) is -1.37. The van der Waals surface area contributed by atoms with E-state index in [1.807, 2.05) is 0 Å². The van der Waals surface area contributed by atoms with E-state index in [4.69, 9.17) is 14.6 Å². The highest BCUT2D eigenvalue weighted by Gasteiger charge is 2.33. The number of carbonyl (C=O) groups excluding carboxylic acids is 2. The van der Waals surface area contributed by atoms with Crippen molar-refractivity contribution in [1.29, 1.82) is 0 Å². The maximum atomic E-state index is 12.0. The molecule has 1 aliphatic heterocycles. The second-order valence-electron chi connectivity index (χ2n) is 4.58. The molecule has 120 valence electrons. The lowest BCUT2D eigenvalue weighted by atomic mass is 10.2. The van der Waals surface area contributed by atoms with Gasteiger partial charge in [0.15, 0.2) is 6.04 Å². The first-order valence-corrected chi connectivity index (χ1v) is 6.61. The summed E-state index contributed by atoms with van der Waals surface area (Å²) < 4.78 is 9.85. The summed E-state index contributed by atoms with van der Waals surface area (Å²) in [6, 6.07) is -2.41. The zero-order valence-corrected chi connectivity index (χ0v) is 12.1. The van der Waals surface area contributed by atoms with E-state index in [1.54, 1.807) is 0 Å². The molecule has 1 fully saturated rings. The summed E-state index contributed by atoms with van der Waals surface area (Å²) in [6.45, 7) is 2.61. The van der Waals surface area contributed by atoms with Gasteiger partial charge >= 0.3 is 12.0 Å². The molecule has 9 heteroatoms. The van der Waals surface area contributed by atoms with Crippen molar-refractivity contribution < 1.29 is 29.0 Å². The molecule has 3 N–H and O–H groups in total. The lowest BCUT2D eigenvalue weighted by Gasteiger charge is -2.33. The zero-order chi connectivity index (χ0) is 15.8. The Labute approximate surface area is 122 Å². The number of aliphatic carboxylic acids is 1. The van der Waals surface area contributed by atoms with Crippen molar-refractivity contribution in [3.05, 3.63) is 0 Å². The number of ether oxygens (including phenoxy) is 2. The number of carbonyl (C=O) groups is 3. The lowest BCUT2D eigenvalue weighted by Crippen LogP contribution is -2.58. The van der Waals surface area contributed by atoms with Gasteiger partial charge in [0.05, 0.1) is 19.8 Å². The molecule has 0 radical (unpaired) electrons. The van der Waals surface area contributed by atoms with E-state index in [0.717, 1.165) is 4.90 Å². The van der Waals surface area contributed by atoms with Crippen molar-refractivity contribution in [2.75, 3.05) is 40.0 Å². The Hall–Kier alpha value is -1.87. The number of hydrogen-bond acceptors (Lipinski definition) is 5. The molecular formula is C12H21N3O6. The Morgan fingerprint density at radius 2 is 2.19 bits per heavy atom. The molecule has 1 aliphatic rings. The Balaban J connectivity index is 2.50. The summed E-state index contributed by atoms with van der Waals surface area (Å²) in [5.74, 6) is -1.50. The largest absolute Gasteiger partial charge is 0.480 e. The molecular weight excluding hydrogens is 282 g/mol. The first-order valence-electron chi connectivity index (χ1n) is 6.61. The van der Waals surface area contributed by atoms with Crippen LogP contribution in [-0.4, -0.2) is 80.0 Å². The molecule has 3 amide bonds. The Morgan fingerprint density at radius 3 is 2.81 bits per heavy atom. The fourth-order valence-corrected chi connectivity index (χ4v) is 1.81. The van der Waals surface area contributed by atoms with Crippen LogP contribution in [0.1, 0.15) is 6.92 Å². The molecule has 2 unspecified atom stereocenters. The van der Waals surface area contributed by atoms with Gasteiger partial charge in [0, 0.05) is 20.2 Å². The van der Waals surface area contributed by atoms with Gasteiger partial charge < -0.3 is 30.1 Å². The standard InChI is InChI=1S/C12H21N3O6/c1-8(10(16)13-3-5-20-2)14-12(19)15-4-6-21-7-9(15)11(17)18/h8-9H,3-7H2,1-2H3,(H,13,16)(H,14,19)(H,17,18). The highest BCUT2D eigenvalue weighted by molar-refractivity contribution is 5.88. The van der Waals surface area contributed by atoms with E-state index in [1.165, 1.54) is 14.0 Å². The molecule has 0 aromatic rings. The van der Waals surface area contributed by atoms with Crippen LogP contribution in [0.5, 0.6) is 0 Å². The van der Waals surface area contributed by atoms with E-state index < -0.39 is 24.1 Å². The molecule has 0 spiro atoms. The van der Waals surface area contributed by atoms with Crippen LogP contribution in [0, 0.1) is 0 Å². The summed E-state index contributed by atoms with van der Waals surface area (Å²) in [5.41, 5.74) is 0. The van der Waals surface area contributed by atoms with Gasteiger partial charge in [-0.05, 0) is 6.92 Å². The van der Waals surface area contributed by atoms with Gasteiger partial charge in [-0.15, -0.1) is 0 Å². The van der Waals surface area contributed by atoms with E-state index in [9.17, 15) is 14.4 Å². The van der Waals surface area contributed by atoms with Crippen LogP contribution >= 0.6 is 0 Å². The molecule has 21 heavy (non-hydrogen) atoms. The minimum atomic E-state index is -1.14. The van der Waals surface area contributed by atoms with E-state index in [2.05, 4.69) is 10.6 Å². The van der Waals surface area contributed by atoms with Gasteiger partial charge in [-0.25, -0.2) is 9.59 Å². The quantitative estimate of drug-likeness (QED) is 0.521. The van der Waals surface area contributed by atoms with Crippen molar-refractivity contribution in [3.8, 4) is 0 Å². The molecule has 9 nitrogen and oxygen atoms in total. The number of nitrogens with one attached hydrogen (secondary N) is 2. The molecule has 0 aromatic carbocycles. The molecule has 0 aliphatic carbocycles. The number of amides is 3. The minimum Gasteiger partial charge on any atom is -0.480 e. The monoisotopic (exact) mass is 303 g/mol. The number of carboxylic acids is 1. The predicted molar refractivity (Wildman–Crippen MR) is 71.8 cm³/mol. The van der Waals surface area contributed by atoms with Crippen molar-refractivity contribution >= 4 is 17.9 Å². The zero-order valence-electron chi connectivity index (χ0n) is 12.1. The second kappa shape index (κ2) is 8.42. The van der Waals surface area contributed by atoms with Crippen LogP contribution < -0.4 is 10.6 Å². The van der Waals surface area contributed by atoms with Crippen molar-refractivity contribution in [3.63, 3.8) is 0 Å². The molecule has 1 heterocycles. The molecule has 1 rings (SSSR count). The Kier molecular flexibility index (Phi) is 6.89. The normalized spacial score (nSPS) is 19.7. The number of carboxylic acid groups (broad SMARTS) is 1. The fourth-order valence-electron chi connectivity index (χ4n) is 1.81. The maximum Gasteiger partial charge on any atom is 0.328 e. The van der Waals surface area contributed by atoms with Crippen molar-refractivity contribution in [2.24, 2.45) is 0 Å². The number of rotatable bonds is 6. The summed E-state index contributed by atoms with van der Waals surface area (Å²) in [6.07, 6.45) is 0. The van der Waals surface area contributed by atoms with Crippen LogP contribution in [0.15, 0.2) is 0 Å². The van der Waals surface area contributed by atoms with Crippen LogP contribution in [-0.2, 0) is 19.1 Å². The average molecular weight is 303 g/mol. The molecule has 2 atom stereocenters. The van der Waals surface area contributed by atoms with E-state index in [0.29, 0.717) is 13.2 Å². The first-order chi connectivity index (χ1) is 9.97. The van der Waals surface area contributed by atoms with Crippen LogP contribution in [0.2, 0.25) is 0 Å². The van der Waals surface area contributed by atoms with Gasteiger partial charge in [0.1, 0.15) is 6.04 Å². The molecule has 0 bridgehead atoms. The van der Waals surface area contributed by atoms with Gasteiger partial charge in [0.25, 0.3) is 0 Å². The van der Waals surface area contributed by atoms with Crippen LogP contribution in [0.4, 0.5) is 4.79 Å². The smallest absolute Gasteiger partial charge is 0.328 e. The number of hydrogen-bond donors (Lipinski definition) is 3. The Morgan fingerprint density at radius 1 is 1.48 bits per heavy atom. The SMILES string of the molecule is COCCNC(=O)C(C)NC(=O)N1CCOCC1C(=O)O. The van der Waals surface area contributed by atoms with Gasteiger partial charge in [0.2, 0.25) is 5.91 Å². The third-order valence-corrected chi connectivity index (χ3v) is 3.01. The van der Waals surface area contributed by atoms with Crippen LogP contribution in [0.25, 0.3) is 0 Å². The summed E-state index contributed by atoms with van der Waals surface area (Å²) in [7, 11) is 1.52. The number of urea groups is 1. The van der Waals surface area contributed by atoms with Crippen LogP contribution in [0.3, 0.4) is 0 Å². The highest BCUT2D eigenvalue weighted by atomic mass is 16.5. The number of morpholine rings is 1. The topological polar surface area (TPSA) is 117 Å². The lowest BCUT2D eigenvalue weighted by molar-refractivity contribution is -0.147. The molecule has 0 aromatic heterocycles. The summed E-state index contributed by atoms with van der Waals surface area (Å²) in [4.78, 5) is 36.0.